The van der Waals surface area contributed by atoms with Crippen LogP contribution in [0.25, 0.3) is 0 Å². The monoisotopic (exact) mass is 254 g/mol. The van der Waals surface area contributed by atoms with Crippen LogP contribution in [0.3, 0.4) is 0 Å². The predicted octanol–water partition coefficient (Wildman–Crippen LogP) is 2.27. The first-order valence-corrected chi connectivity index (χ1v) is 7.75. The van der Waals surface area contributed by atoms with Gasteiger partial charge < -0.3 is 15.0 Å². The summed E-state index contributed by atoms with van der Waals surface area (Å²) in [6.45, 7) is 3.84. The van der Waals surface area contributed by atoms with E-state index in [-0.39, 0.29) is 0 Å². The van der Waals surface area contributed by atoms with Crippen molar-refractivity contribution in [2.75, 3.05) is 33.8 Å². The van der Waals surface area contributed by atoms with E-state index in [2.05, 4.69) is 17.3 Å². The van der Waals surface area contributed by atoms with Gasteiger partial charge >= 0.3 is 0 Å². The number of likely N-dealkylation sites (tertiary alicyclic amines) is 1. The SMILES string of the molecule is CNCCC1CCN(C2CCC(OC)CC2)CC1. The minimum absolute atomic E-state index is 0.536. The van der Waals surface area contributed by atoms with Crippen LogP contribution in [0.4, 0.5) is 0 Å². The zero-order valence-electron chi connectivity index (χ0n) is 12.2. The minimum Gasteiger partial charge on any atom is -0.381 e. The standard InChI is InChI=1S/C15H30N2O/c1-16-10-7-13-8-11-17(12-9-13)14-3-5-15(18-2)6-4-14/h13-16H,3-12H2,1-2H3. The zero-order valence-corrected chi connectivity index (χ0v) is 12.2. The molecule has 0 aromatic rings. The van der Waals surface area contributed by atoms with E-state index in [9.17, 15) is 0 Å². The number of nitrogens with one attached hydrogen (secondary N) is 1. The van der Waals surface area contributed by atoms with Crippen LogP contribution in [0.15, 0.2) is 0 Å². The highest BCUT2D eigenvalue weighted by atomic mass is 16.5. The molecule has 1 saturated heterocycles. The summed E-state index contributed by atoms with van der Waals surface area (Å²) in [5.74, 6) is 0.962. The van der Waals surface area contributed by atoms with Crippen molar-refractivity contribution in [2.45, 2.75) is 57.1 Å². The molecule has 2 aliphatic rings. The maximum atomic E-state index is 5.46. The third-order valence-electron chi connectivity index (χ3n) is 4.95. The van der Waals surface area contributed by atoms with Gasteiger partial charge in [-0.1, -0.05) is 0 Å². The molecule has 0 radical (unpaired) electrons. The van der Waals surface area contributed by atoms with E-state index in [0.29, 0.717) is 6.10 Å². The van der Waals surface area contributed by atoms with Gasteiger partial charge in [-0.05, 0) is 77.5 Å². The summed E-state index contributed by atoms with van der Waals surface area (Å²) in [4.78, 5) is 2.75. The lowest BCUT2D eigenvalue weighted by atomic mass is 9.88. The van der Waals surface area contributed by atoms with Crippen molar-refractivity contribution < 1.29 is 4.74 Å². The van der Waals surface area contributed by atoms with Crippen molar-refractivity contribution in [1.29, 1.82) is 0 Å². The lowest BCUT2D eigenvalue weighted by Gasteiger charge is -2.40. The van der Waals surface area contributed by atoms with Crippen LogP contribution in [0.2, 0.25) is 0 Å². The highest BCUT2D eigenvalue weighted by molar-refractivity contribution is 4.83. The van der Waals surface area contributed by atoms with Gasteiger partial charge in [0.25, 0.3) is 0 Å². The Hall–Kier alpha value is -0.120. The molecule has 1 heterocycles. The summed E-state index contributed by atoms with van der Waals surface area (Å²) >= 11 is 0. The van der Waals surface area contributed by atoms with Gasteiger partial charge in [0.1, 0.15) is 0 Å². The second-order valence-electron chi connectivity index (χ2n) is 6.04. The smallest absolute Gasteiger partial charge is 0.0572 e. The van der Waals surface area contributed by atoms with Gasteiger partial charge in [-0.25, -0.2) is 0 Å². The first-order valence-electron chi connectivity index (χ1n) is 7.75. The Balaban J connectivity index is 1.67. The molecule has 3 nitrogen and oxygen atoms in total. The molecule has 0 atom stereocenters. The summed E-state index contributed by atoms with van der Waals surface area (Å²) in [6, 6.07) is 0.849. The molecule has 106 valence electrons. The van der Waals surface area contributed by atoms with Gasteiger partial charge in [0.15, 0.2) is 0 Å². The van der Waals surface area contributed by atoms with E-state index in [4.69, 9.17) is 4.74 Å². The Kier molecular flexibility index (Phi) is 5.93. The van der Waals surface area contributed by atoms with Gasteiger partial charge in [0.2, 0.25) is 0 Å². The fourth-order valence-corrected chi connectivity index (χ4v) is 3.60. The van der Waals surface area contributed by atoms with Crippen LogP contribution < -0.4 is 5.32 Å². The van der Waals surface area contributed by atoms with Crippen LogP contribution >= 0.6 is 0 Å². The highest BCUT2D eigenvalue weighted by Crippen LogP contribution is 2.29. The third-order valence-corrected chi connectivity index (χ3v) is 4.95. The molecular weight excluding hydrogens is 224 g/mol. The van der Waals surface area contributed by atoms with Crippen LogP contribution in [0.5, 0.6) is 0 Å². The Morgan fingerprint density at radius 1 is 1.06 bits per heavy atom. The van der Waals surface area contributed by atoms with E-state index in [0.717, 1.165) is 12.0 Å². The molecule has 2 fully saturated rings. The predicted molar refractivity (Wildman–Crippen MR) is 75.9 cm³/mol. The van der Waals surface area contributed by atoms with Crippen molar-refractivity contribution in [3.63, 3.8) is 0 Å². The first-order chi connectivity index (χ1) is 8.83. The molecular formula is C15H30N2O. The maximum Gasteiger partial charge on any atom is 0.0572 e. The van der Waals surface area contributed by atoms with Crippen LogP contribution in [0, 0.1) is 5.92 Å². The average molecular weight is 254 g/mol. The van der Waals surface area contributed by atoms with Crippen molar-refractivity contribution in [3.05, 3.63) is 0 Å². The summed E-state index contributed by atoms with van der Waals surface area (Å²) in [6.07, 6.45) is 9.94. The summed E-state index contributed by atoms with van der Waals surface area (Å²) < 4.78 is 5.46. The highest BCUT2D eigenvalue weighted by Gasteiger charge is 2.28. The van der Waals surface area contributed by atoms with Gasteiger partial charge in [0.05, 0.1) is 6.10 Å². The summed E-state index contributed by atoms with van der Waals surface area (Å²) in [7, 11) is 3.92. The fraction of sp³-hybridized carbons (Fsp3) is 1.00. The Morgan fingerprint density at radius 3 is 2.28 bits per heavy atom. The molecule has 2 rings (SSSR count). The lowest BCUT2D eigenvalue weighted by molar-refractivity contribution is 0.0285. The summed E-state index contributed by atoms with van der Waals surface area (Å²) in [5, 5.41) is 3.27. The second kappa shape index (κ2) is 7.46. The van der Waals surface area contributed by atoms with Gasteiger partial charge in [-0.3, -0.25) is 0 Å². The Morgan fingerprint density at radius 2 is 1.72 bits per heavy atom. The maximum absolute atomic E-state index is 5.46. The summed E-state index contributed by atoms with van der Waals surface area (Å²) in [5.41, 5.74) is 0. The van der Waals surface area contributed by atoms with Crippen molar-refractivity contribution in [2.24, 2.45) is 5.92 Å². The molecule has 0 amide bonds. The number of nitrogens with zero attached hydrogens (tertiary/aromatic N) is 1. The van der Waals surface area contributed by atoms with Crippen LogP contribution in [-0.4, -0.2) is 50.8 Å². The van der Waals surface area contributed by atoms with E-state index < -0.39 is 0 Å². The molecule has 0 aromatic carbocycles. The number of piperidine rings is 1. The number of hydrogen-bond acceptors (Lipinski definition) is 3. The second-order valence-corrected chi connectivity index (χ2v) is 6.04. The van der Waals surface area contributed by atoms with Gasteiger partial charge in [-0.15, -0.1) is 0 Å². The molecule has 18 heavy (non-hydrogen) atoms. The molecule has 1 aliphatic carbocycles. The number of hydrogen-bond donors (Lipinski definition) is 1. The largest absolute Gasteiger partial charge is 0.381 e. The Bertz CT molecular complexity index is 219. The van der Waals surface area contributed by atoms with Gasteiger partial charge in [0, 0.05) is 13.2 Å². The van der Waals surface area contributed by atoms with Crippen LogP contribution in [-0.2, 0) is 4.74 Å². The molecule has 1 aliphatic heterocycles. The third kappa shape index (κ3) is 3.94. The zero-order chi connectivity index (χ0) is 12.8. The Labute approximate surface area is 112 Å². The molecule has 0 aromatic heterocycles. The molecule has 3 heteroatoms. The average Bonchev–Trinajstić information content (AvgIpc) is 2.46. The molecule has 0 unspecified atom stereocenters. The topological polar surface area (TPSA) is 24.5 Å². The minimum atomic E-state index is 0.536. The quantitative estimate of drug-likeness (QED) is 0.814. The molecule has 0 bridgehead atoms. The lowest BCUT2D eigenvalue weighted by Crippen LogP contribution is -2.44. The normalized spacial score (nSPS) is 31.7. The van der Waals surface area contributed by atoms with Crippen LogP contribution in [0.1, 0.15) is 44.9 Å². The molecule has 1 saturated carbocycles. The van der Waals surface area contributed by atoms with E-state index in [1.807, 2.05) is 7.11 Å². The number of methoxy groups -OCH3 is 1. The van der Waals surface area contributed by atoms with Crippen molar-refractivity contribution in [1.82, 2.24) is 10.2 Å². The molecule has 0 spiro atoms. The molecule has 1 N–H and O–H groups in total. The number of rotatable bonds is 5. The van der Waals surface area contributed by atoms with Gasteiger partial charge in [-0.2, -0.15) is 0 Å². The van der Waals surface area contributed by atoms with E-state index >= 15 is 0 Å². The van der Waals surface area contributed by atoms with E-state index in [1.54, 1.807) is 0 Å². The van der Waals surface area contributed by atoms with Crippen molar-refractivity contribution >= 4 is 0 Å². The number of ether oxygens (including phenoxy) is 1. The fourth-order valence-electron chi connectivity index (χ4n) is 3.60. The first kappa shape index (κ1) is 14.3. The van der Waals surface area contributed by atoms with E-state index in [1.165, 1.54) is 64.6 Å². The van der Waals surface area contributed by atoms with Crippen molar-refractivity contribution in [3.8, 4) is 0 Å².